The number of benzene rings is 2. The monoisotopic (exact) mass is 445 g/mol. The number of ether oxygens (including phenoxy) is 2. The number of hydrogen-bond acceptors (Lipinski definition) is 7. The van der Waals surface area contributed by atoms with E-state index in [1.165, 1.54) is 16.9 Å². The first-order valence-electron chi connectivity index (χ1n) is 11.6. The van der Waals surface area contributed by atoms with Crippen LogP contribution in [0.4, 0.5) is 11.6 Å². The zero-order valence-corrected chi connectivity index (χ0v) is 19.4. The molecule has 0 aliphatic carbocycles. The summed E-state index contributed by atoms with van der Waals surface area (Å²) in [7, 11) is 3.41. The van der Waals surface area contributed by atoms with Crippen LogP contribution >= 0.6 is 0 Å². The normalized spacial score (nSPS) is 16.4. The lowest BCUT2D eigenvalue weighted by atomic mass is 10.1. The maximum absolute atomic E-state index is 5.56. The highest BCUT2D eigenvalue weighted by Gasteiger charge is 2.23. The number of piperazine rings is 1. The SMILES string of the molecule is COc1ccc(OC)c(CN2CCc3nc(N4CCN(c5ccccc5)CC4)ncc3C2)c1. The van der Waals surface area contributed by atoms with Crippen molar-refractivity contribution >= 4 is 11.6 Å². The molecule has 0 saturated carbocycles. The van der Waals surface area contributed by atoms with Crippen molar-refractivity contribution in [3.63, 3.8) is 0 Å². The van der Waals surface area contributed by atoms with Gasteiger partial charge in [-0.1, -0.05) is 18.2 Å². The van der Waals surface area contributed by atoms with Crippen molar-refractivity contribution in [1.29, 1.82) is 0 Å². The summed E-state index contributed by atoms with van der Waals surface area (Å²) in [6, 6.07) is 16.6. The van der Waals surface area contributed by atoms with E-state index >= 15 is 0 Å². The summed E-state index contributed by atoms with van der Waals surface area (Å²) in [5, 5.41) is 0. The molecule has 3 heterocycles. The Hall–Kier alpha value is -3.32. The Morgan fingerprint density at radius 1 is 0.879 bits per heavy atom. The van der Waals surface area contributed by atoms with E-state index in [1.807, 2.05) is 18.3 Å². The molecule has 5 rings (SSSR count). The molecule has 7 heteroatoms. The van der Waals surface area contributed by atoms with Gasteiger partial charge in [-0.05, 0) is 30.3 Å². The highest BCUT2D eigenvalue weighted by molar-refractivity contribution is 5.48. The largest absolute Gasteiger partial charge is 0.497 e. The smallest absolute Gasteiger partial charge is 0.225 e. The molecule has 0 unspecified atom stereocenters. The van der Waals surface area contributed by atoms with E-state index in [9.17, 15) is 0 Å². The van der Waals surface area contributed by atoms with Crippen LogP contribution in [0, 0.1) is 0 Å². The Labute approximate surface area is 195 Å². The topological polar surface area (TPSA) is 54.0 Å². The molecule has 0 amide bonds. The quantitative estimate of drug-likeness (QED) is 0.577. The second-order valence-electron chi connectivity index (χ2n) is 8.59. The van der Waals surface area contributed by atoms with Gasteiger partial charge in [0, 0.05) is 75.2 Å². The summed E-state index contributed by atoms with van der Waals surface area (Å²) in [5.41, 5.74) is 4.82. The molecule has 172 valence electrons. The first-order valence-corrected chi connectivity index (χ1v) is 11.6. The fraction of sp³-hybridized carbons (Fsp3) is 0.385. The number of methoxy groups -OCH3 is 2. The summed E-state index contributed by atoms with van der Waals surface area (Å²) < 4.78 is 11.0. The van der Waals surface area contributed by atoms with Crippen LogP contribution < -0.4 is 19.3 Å². The average Bonchev–Trinajstić information content (AvgIpc) is 2.89. The molecule has 0 radical (unpaired) electrons. The van der Waals surface area contributed by atoms with Crippen molar-refractivity contribution in [3.05, 3.63) is 71.5 Å². The molecule has 2 aromatic carbocycles. The molecule has 1 fully saturated rings. The predicted octanol–water partition coefficient (Wildman–Crippen LogP) is 3.38. The molecular weight excluding hydrogens is 414 g/mol. The van der Waals surface area contributed by atoms with E-state index in [0.717, 1.165) is 75.2 Å². The van der Waals surface area contributed by atoms with Gasteiger partial charge >= 0.3 is 0 Å². The molecule has 33 heavy (non-hydrogen) atoms. The van der Waals surface area contributed by atoms with E-state index in [0.29, 0.717) is 0 Å². The molecule has 3 aromatic rings. The number of para-hydroxylation sites is 1. The van der Waals surface area contributed by atoms with Gasteiger partial charge in [0.25, 0.3) is 0 Å². The van der Waals surface area contributed by atoms with Crippen molar-refractivity contribution in [1.82, 2.24) is 14.9 Å². The fourth-order valence-electron chi connectivity index (χ4n) is 4.70. The average molecular weight is 446 g/mol. The van der Waals surface area contributed by atoms with E-state index in [1.54, 1.807) is 14.2 Å². The number of fused-ring (bicyclic) bond motifs is 1. The van der Waals surface area contributed by atoms with Gasteiger partial charge in [0.15, 0.2) is 0 Å². The molecular formula is C26H31N5O2. The van der Waals surface area contributed by atoms with E-state index in [-0.39, 0.29) is 0 Å². The lowest BCUT2D eigenvalue weighted by Gasteiger charge is -2.36. The van der Waals surface area contributed by atoms with Crippen LogP contribution in [0.15, 0.2) is 54.7 Å². The minimum absolute atomic E-state index is 0.809. The number of anilines is 2. The van der Waals surface area contributed by atoms with E-state index in [4.69, 9.17) is 19.4 Å². The highest BCUT2D eigenvalue weighted by atomic mass is 16.5. The first-order chi connectivity index (χ1) is 16.2. The molecule has 2 aliphatic heterocycles. The number of rotatable bonds is 6. The molecule has 2 aliphatic rings. The van der Waals surface area contributed by atoms with Gasteiger partial charge in [-0.15, -0.1) is 0 Å². The maximum Gasteiger partial charge on any atom is 0.225 e. The molecule has 0 spiro atoms. The van der Waals surface area contributed by atoms with Crippen LogP contribution in [0.25, 0.3) is 0 Å². The maximum atomic E-state index is 5.56. The minimum atomic E-state index is 0.809. The molecule has 1 saturated heterocycles. The Kier molecular flexibility index (Phi) is 6.30. The van der Waals surface area contributed by atoms with Crippen molar-refractivity contribution < 1.29 is 9.47 Å². The predicted molar refractivity (Wildman–Crippen MR) is 130 cm³/mol. The molecule has 0 N–H and O–H groups in total. The van der Waals surface area contributed by atoms with Crippen molar-refractivity contribution in [2.45, 2.75) is 19.5 Å². The zero-order chi connectivity index (χ0) is 22.6. The van der Waals surface area contributed by atoms with Crippen LogP contribution in [0.5, 0.6) is 11.5 Å². The fourth-order valence-corrected chi connectivity index (χ4v) is 4.70. The standard InChI is InChI=1S/C26H31N5O2/c1-32-23-8-9-25(33-2)20(16-23)18-29-11-10-24-21(19-29)17-27-26(28-24)31-14-12-30(13-15-31)22-6-4-3-5-7-22/h3-9,16-17H,10-15,18-19H2,1-2H3. The van der Waals surface area contributed by atoms with Crippen LogP contribution in [-0.4, -0.2) is 61.8 Å². The van der Waals surface area contributed by atoms with Crippen molar-refractivity contribution in [3.8, 4) is 11.5 Å². The second-order valence-corrected chi connectivity index (χ2v) is 8.59. The summed E-state index contributed by atoms with van der Waals surface area (Å²) >= 11 is 0. The Bertz CT molecular complexity index is 1080. The molecule has 0 atom stereocenters. The Balaban J connectivity index is 1.23. The lowest BCUT2D eigenvalue weighted by Crippen LogP contribution is -2.47. The molecule has 0 bridgehead atoms. The summed E-state index contributed by atoms with van der Waals surface area (Å²) in [6.07, 6.45) is 2.96. The van der Waals surface area contributed by atoms with Gasteiger partial charge in [-0.2, -0.15) is 0 Å². The van der Waals surface area contributed by atoms with Gasteiger partial charge in [0.2, 0.25) is 5.95 Å². The number of aromatic nitrogens is 2. The summed E-state index contributed by atoms with van der Waals surface area (Å²) in [4.78, 5) is 16.9. The second kappa shape index (κ2) is 9.67. The van der Waals surface area contributed by atoms with Gasteiger partial charge in [0.05, 0.1) is 19.9 Å². The van der Waals surface area contributed by atoms with Gasteiger partial charge < -0.3 is 19.3 Å². The van der Waals surface area contributed by atoms with Gasteiger partial charge in [-0.3, -0.25) is 4.90 Å². The number of nitrogens with zero attached hydrogens (tertiary/aromatic N) is 5. The van der Waals surface area contributed by atoms with Crippen LogP contribution in [0.3, 0.4) is 0 Å². The van der Waals surface area contributed by atoms with Gasteiger partial charge in [-0.25, -0.2) is 9.97 Å². The van der Waals surface area contributed by atoms with Gasteiger partial charge in [0.1, 0.15) is 11.5 Å². The number of hydrogen-bond donors (Lipinski definition) is 0. The third kappa shape index (κ3) is 4.73. The summed E-state index contributed by atoms with van der Waals surface area (Å²) in [5.74, 6) is 2.61. The first kappa shape index (κ1) is 21.5. The summed E-state index contributed by atoms with van der Waals surface area (Å²) in [6.45, 7) is 6.47. The molecule has 7 nitrogen and oxygen atoms in total. The third-order valence-electron chi connectivity index (χ3n) is 6.57. The van der Waals surface area contributed by atoms with Crippen molar-refractivity contribution in [2.75, 3.05) is 56.7 Å². The minimum Gasteiger partial charge on any atom is -0.497 e. The van der Waals surface area contributed by atoms with E-state index < -0.39 is 0 Å². The Morgan fingerprint density at radius 3 is 2.42 bits per heavy atom. The Morgan fingerprint density at radius 2 is 1.67 bits per heavy atom. The lowest BCUT2D eigenvalue weighted by molar-refractivity contribution is 0.238. The van der Waals surface area contributed by atoms with E-state index in [2.05, 4.69) is 51.1 Å². The highest BCUT2D eigenvalue weighted by Crippen LogP contribution is 2.28. The third-order valence-corrected chi connectivity index (χ3v) is 6.57. The van der Waals surface area contributed by atoms with Crippen LogP contribution in [0.2, 0.25) is 0 Å². The van der Waals surface area contributed by atoms with Crippen LogP contribution in [-0.2, 0) is 19.5 Å². The molecule has 1 aromatic heterocycles. The van der Waals surface area contributed by atoms with Crippen LogP contribution in [0.1, 0.15) is 16.8 Å². The van der Waals surface area contributed by atoms with Crippen molar-refractivity contribution in [2.24, 2.45) is 0 Å². The zero-order valence-electron chi connectivity index (χ0n) is 19.4.